The van der Waals surface area contributed by atoms with Gasteiger partial charge < -0.3 is 15.4 Å². The highest BCUT2D eigenvalue weighted by Gasteiger charge is 2.24. The highest BCUT2D eigenvalue weighted by Crippen LogP contribution is 2.25. The number of carbonyl (C=O) groups excluding carboxylic acids is 1. The second-order valence-corrected chi connectivity index (χ2v) is 8.13. The third-order valence-electron chi connectivity index (χ3n) is 4.35. The van der Waals surface area contributed by atoms with E-state index in [4.69, 9.17) is 4.74 Å². The van der Waals surface area contributed by atoms with E-state index in [1.54, 1.807) is 0 Å². The first-order valence-corrected chi connectivity index (χ1v) is 9.75. The molecular weight excluding hydrogens is 306 g/mol. The standard InChI is InChI=1S/C14H27N3O4S/c1-11(13-6-3-8-21-13)17-14(18)15-7-9-22(19,20)16-10-12-4-2-5-12/h11-13,16H,2-10H2,1H3,(H2,15,17,18)/t11-,13+/m0/s1. The molecule has 0 bridgehead atoms. The summed E-state index contributed by atoms with van der Waals surface area (Å²) in [5.41, 5.74) is 0. The molecule has 2 rings (SSSR count). The molecule has 0 radical (unpaired) electrons. The zero-order chi connectivity index (χ0) is 16.0. The van der Waals surface area contributed by atoms with E-state index < -0.39 is 10.0 Å². The fourth-order valence-corrected chi connectivity index (χ4v) is 3.67. The van der Waals surface area contributed by atoms with Crippen molar-refractivity contribution in [2.45, 2.75) is 51.2 Å². The summed E-state index contributed by atoms with van der Waals surface area (Å²) in [6, 6.07) is -0.423. The number of hydrogen-bond acceptors (Lipinski definition) is 4. The molecule has 8 heteroatoms. The van der Waals surface area contributed by atoms with Crippen LogP contribution in [-0.2, 0) is 14.8 Å². The molecule has 0 aromatic carbocycles. The van der Waals surface area contributed by atoms with Gasteiger partial charge in [0.1, 0.15) is 0 Å². The number of amides is 2. The number of urea groups is 1. The molecule has 2 aliphatic rings. The predicted octanol–water partition coefficient (Wildman–Crippen LogP) is 0.573. The molecule has 22 heavy (non-hydrogen) atoms. The van der Waals surface area contributed by atoms with E-state index >= 15 is 0 Å². The molecule has 1 saturated heterocycles. The fourth-order valence-electron chi connectivity index (χ4n) is 2.66. The summed E-state index contributed by atoms with van der Waals surface area (Å²) in [5.74, 6) is 0.389. The molecule has 3 N–H and O–H groups in total. The van der Waals surface area contributed by atoms with Gasteiger partial charge in [0.25, 0.3) is 0 Å². The molecule has 7 nitrogen and oxygen atoms in total. The summed E-state index contributed by atoms with van der Waals surface area (Å²) in [5, 5.41) is 5.37. The summed E-state index contributed by atoms with van der Waals surface area (Å²) in [6.07, 6.45) is 5.41. The average Bonchev–Trinajstić information content (AvgIpc) is 2.90. The van der Waals surface area contributed by atoms with E-state index in [1.165, 1.54) is 6.42 Å². The van der Waals surface area contributed by atoms with Crippen LogP contribution >= 0.6 is 0 Å². The van der Waals surface area contributed by atoms with Gasteiger partial charge >= 0.3 is 6.03 Å². The highest BCUT2D eigenvalue weighted by atomic mass is 32.2. The van der Waals surface area contributed by atoms with Crippen LogP contribution in [0, 0.1) is 5.92 Å². The normalized spacial score (nSPS) is 23.8. The molecule has 1 aliphatic carbocycles. The van der Waals surface area contributed by atoms with Gasteiger partial charge in [0.15, 0.2) is 0 Å². The van der Waals surface area contributed by atoms with Crippen LogP contribution in [0.15, 0.2) is 0 Å². The van der Waals surface area contributed by atoms with Crippen molar-refractivity contribution in [1.82, 2.24) is 15.4 Å². The summed E-state index contributed by atoms with van der Waals surface area (Å²) in [7, 11) is -3.31. The Morgan fingerprint density at radius 2 is 2.05 bits per heavy atom. The van der Waals surface area contributed by atoms with Crippen molar-refractivity contribution in [3.05, 3.63) is 0 Å². The van der Waals surface area contributed by atoms with Gasteiger partial charge in [-0.25, -0.2) is 17.9 Å². The third kappa shape index (κ3) is 5.73. The molecule has 2 amide bonds. The van der Waals surface area contributed by atoms with Crippen LogP contribution < -0.4 is 15.4 Å². The zero-order valence-electron chi connectivity index (χ0n) is 13.1. The Hall–Kier alpha value is -0.860. The van der Waals surface area contributed by atoms with Crippen molar-refractivity contribution in [2.24, 2.45) is 5.92 Å². The molecule has 0 aromatic rings. The number of hydrogen-bond donors (Lipinski definition) is 3. The van der Waals surface area contributed by atoms with E-state index in [1.807, 2.05) is 6.92 Å². The maximum absolute atomic E-state index is 11.8. The lowest BCUT2D eigenvalue weighted by Gasteiger charge is -2.25. The molecule has 1 aliphatic heterocycles. The van der Waals surface area contributed by atoms with Crippen LogP contribution in [0.25, 0.3) is 0 Å². The van der Waals surface area contributed by atoms with Crippen molar-refractivity contribution in [3.8, 4) is 0 Å². The smallest absolute Gasteiger partial charge is 0.315 e. The van der Waals surface area contributed by atoms with Crippen molar-refractivity contribution < 1.29 is 17.9 Å². The van der Waals surface area contributed by atoms with Gasteiger partial charge in [0.2, 0.25) is 10.0 Å². The van der Waals surface area contributed by atoms with Gasteiger partial charge in [0.05, 0.1) is 17.9 Å². The minimum Gasteiger partial charge on any atom is -0.376 e. The van der Waals surface area contributed by atoms with Gasteiger partial charge in [-0.1, -0.05) is 6.42 Å². The third-order valence-corrected chi connectivity index (χ3v) is 5.70. The van der Waals surface area contributed by atoms with E-state index in [9.17, 15) is 13.2 Å². The lowest BCUT2D eigenvalue weighted by molar-refractivity contribution is 0.0860. The number of ether oxygens (including phenoxy) is 1. The molecule has 0 spiro atoms. The second-order valence-electron chi connectivity index (χ2n) is 6.20. The summed E-state index contributed by atoms with van der Waals surface area (Å²) >= 11 is 0. The van der Waals surface area contributed by atoms with E-state index in [0.717, 1.165) is 32.3 Å². The first kappa shape index (κ1) is 17.5. The maximum Gasteiger partial charge on any atom is 0.315 e. The van der Waals surface area contributed by atoms with Crippen molar-refractivity contribution in [1.29, 1.82) is 0 Å². The Kier molecular flexibility index (Phi) is 6.46. The first-order chi connectivity index (χ1) is 10.5. The number of carbonyl (C=O) groups is 1. The number of rotatable bonds is 8. The van der Waals surface area contributed by atoms with Crippen molar-refractivity contribution in [3.63, 3.8) is 0 Å². The summed E-state index contributed by atoms with van der Waals surface area (Å²) in [6.45, 7) is 3.25. The van der Waals surface area contributed by atoms with E-state index in [2.05, 4.69) is 15.4 Å². The molecule has 0 aromatic heterocycles. The molecule has 0 unspecified atom stereocenters. The molecule has 1 saturated carbocycles. The zero-order valence-corrected chi connectivity index (χ0v) is 14.0. The van der Waals surface area contributed by atoms with Crippen LogP contribution in [0.2, 0.25) is 0 Å². The maximum atomic E-state index is 11.8. The highest BCUT2D eigenvalue weighted by molar-refractivity contribution is 7.89. The summed E-state index contributed by atoms with van der Waals surface area (Å²) < 4.78 is 31.7. The van der Waals surface area contributed by atoms with Crippen LogP contribution in [0.4, 0.5) is 4.79 Å². The molecule has 1 heterocycles. The monoisotopic (exact) mass is 333 g/mol. The van der Waals surface area contributed by atoms with Gasteiger partial charge in [0, 0.05) is 19.7 Å². The van der Waals surface area contributed by atoms with E-state index in [0.29, 0.717) is 12.5 Å². The summed E-state index contributed by atoms with van der Waals surface area (Å²) in [4.78, 5) is 11.7. The van der Waals surface area contributed by atoms with Gasteiger partial charge in [-0.3, -0.25) is 0 Å². The molecular formula is C14H27N3O4S. The first-order valence-electron chi connectivity index (χ1n) is 8.09. The minimum absolute atomic E-state index is 0.0543. The largest absolute Gasteiger partial charge is 0.376 e. The van der Waals surface area contributed by atoms with Gasteiger partial charge in [-0.15, -0.1) is 0 Å². The molecule has 2 atom stereocenters. The fraction of sp³-hybridized carbons (Fsp3) is 0.929. The van der Waals surface area contributed by atoms with Crippen molar-refractivity contribution in [2.75, 3.05) is 25.4 Å². The lowest BCUT2D eigenvalue weighted by atomic mass is 9.86. The van der Waals surface area contributed by atoms with Gasteiger partial charge in [-0.2, -0.15) is 0 Å². The quantitative estimate of drug-likeness (QED) is 0.605. The second kappa shape index (κ2) is 8.12. The SMILES string of the molecule is C[C@H](NC(=O)NCCS(=O)(=O)NCC1CCC1)[C@H]1CCCO1. The Morgan fingerprint density at radius 3 is 2.64 bits per heavy atom. The number of nitrogens with one attached hydrogen (secondary N) is 3. The lowest BCUT2D eigenvalue weighted by Crippen LogP contribution is -2.47. The Bertz CT molecular complexity index is 459. The topological polar surface area (TPSA) is 96.5 Å². The van der Waals surface area contributed by atoms with Crippen molar-refractivity contribution >= 4 is 16.1 Å². The van der Waals surface area contributed by atoms with Crippen LogP contribution in [0.1, 0.15) is 39.0 Å². The van der Waals surface area contributed by atoms with E-state index in [-0.39, 0.29) is 30.5 Å². The van der Waals surface area contributed by atoms with Crippen LogP contribution in [-0.4, -0.2) is 52.0 Å². The molecule has 2 fully saturated rings. The molecule has 128 valence electrons. The predicted molar refractivity (Wildman–Crippen MR) is 84.1 cm³/mol. The number of sulfonamides is 1. The van der Waals surface area contributed by atoms with Crippen LogP contribution in [0.3, 0.4) is 0 Å². The minimum atomic E-state index is -3.31. The Morgan fingerprint density at radius 1 is 1.27 bits per heavy atom. The Balaban J connectivity index is 1.58. The Labute approximate surface area is 132 Å². The average molecular weight is 333 g/mol. The van der Waals surface area contributed by atoms with Gasteiger partial charge in [-0.05, 0) is 38.5 Å². The van der Waals surface area contributed by atoms with Crippen LogP contribution in [0.5, 0.6) is 0 Å².